The molecule has 0 saturated heterocycles. The topological polar surface area (TPSA) is 51.2 Å². The number of ether oxygens (including phenoxy) is 1. The summed E-state index contributed by atoms with van der Waals surface area (Å²) >= 11 is 9.13. The molecule has 0 spiro atoms. The third-order valence-electron chi connectivity index (χ3n) is 2.26. The van der Waals surface area contributed by atoms with Crippen molar-refractivity contribution >= 4 is 33.4 Å². The predicted molar refractivity (Wildman–Crippen MR) is 75.0 cm³/mol. The normalized spacial score (nSPS) is 11.4. The van der Waals surface area contributed by atoms with Crippen molar-refractivity contribution in [2.24, 2.45) is 0 Å². The van der Waals surface area contributed by atoms with Crippen molar-refractivity contribution in [3.8, 4) is 0 Å². The number of carbonyl (C=O) groups excluding carboxylic acids is 1. The molecule has 4 nitrogen and oxygen atoms in total. The zero-order chi connectivity index (χ0) is 13.8. The van der Waals surface area contributed by atoms with E-state index in [-0.39, 0.29) is 11.1 Å². The van der Waals surface area contributed by atoms with Gasteiger partial charge in [-0.15, -0.1) is 0 Å². The van der Waals surface area contributed by atoms with Crippen molar-refractivity contribution in [3.63, 3.8) is 0 Å². The van der Waals surface area contributed by atoms with Crippen LogP contribution >= 0.6 is 27.5 Å². The molecular formula is C12H16BrClN2O2. The van der Waals surface area contributed by atoms with E-state index < -0.39 is 5.60 Å². The highest BCUT2D eigenvalue weighted by molar-refractivity contribution is 9.10. The van der Waals surface area contributed by atoms with Gasteiger partial charge in [0.05, 0.1) is 11.2 Å². The first-order chi connectivity index (χ1) is 8.35. The first-order valence-corrected chi connectivity index (χ1v) is 6.76. The van der Waals surface area contributed by atoms with Gasteiger partial charge >= 0.3 is 0 Å². The van der Waals surface area contributed by atoms with Crippen LogP contribution in [0.2, 0.25) is 5.15 Å². The number of hydrogen-bond acceptors (Lipinski definition) is 3. The van der Waals surface area contributed by atoms with Gasteiger partial charge in [0.1, 0.15) is 5.15 Å². The quantitative estimate of drug-likeness (QED) is 0.842. The zero-order valence-corrected chi connectivity index (χ0v) is 12.9. The van der Waals surface area contributed by atoms with E-state index in [1.807, 2.05) is 20.8 Å². The number of pyridine rings is 1. The minimum absolute atomic E-state index is 0.185. The predicted octanol–water partition coefficient (Wildman–Crippen LogP) is 3.04. The van der Waals surface area contributed by atoms with E-state index in [1.165, 1.54) is 0 Å². The number of rotatable bonds is 5. The van der Waals surface area contributed by atoms with Crippen LogP contribution in [0.5, 0.6) is 0 Å². The molecule has 1 aromatic heterocycles. The lowest BCUT2D eigenvalue weighted by Gasteiger charge is -2.24. The Kier molecular flexibility index (Phi) is 5.56. The maximum absolute atomic E-state index is 12.0. The van der Waals surface area contributed by atoms with Crippen LogP contribution in [0.1, 0.15) is 31.1 Å². The van der Waals surface area contributed by atoms with E-state index in [9.17, 15) is 4.79 Å². The molecule has 6 heteroatoms. The fraction of sp³-hybridized carbons (Fsp3) is 0.500. The first kappa shape index (κ1) is 15.4. The molecule has 100 valence electrons. The molecule has 0 aliphatic rings. The number of halogens is 2. The second-order valence-electron chi connectivity index (χ2n) is 4.37. The van der Waals surface area contributed by atoms with Crippen molar-refractivity contribution < 1.29 is 9.53 Å². The Bertz CT molecular complexity index is 438. The molecule has 0 aromatic carbocycles. The third kappa shape index (κ3) is 4.55. The average molecular weight is 336 g/mol. The number of amides is 1. The van der Waals surface area contributed by atoms with E-state index in [0.717, 1.165) is 0 Å². The zero-order valence-electron chi connectivity index (χ0n) is 10.6. The van der Waals surface area contributed by atoms with Gasteiger partial charge in [-0.25, -0.2) is 4.98 Å². The summed E-state index contributed by atoms with van der Waals surface area (Å²) in [5.74, 6) is -0.262. The van der Waals surface area contributed by atoms with E-state index in [0.29, 0.717) is 23.2 Å². The maximum Gasteiger partial charge on any atom is 0.254 e. The Hall–Kier alpha value is -0.650. The summed E-state index contributed by atoms with van der Waals surface area (Å²) in [6.45, 7) is 6.75. The van der Waals surface area contributed by atoms with Crippen LogP contribution < -0.4 is 5.32 Å². The molecule has 0 radical (unpaired) electrons. The van der Waals surface area contributed by atoms with Gasteiger partial charge in [0, 0.05) is 23.8 Å². The van der Waals surface area contributed by atoms with Crippen LogP contribution in [-0.4, -0.2) is 29.6 Å². The molecule has 0 unspecified atom stereocenters. The summed E-state index contributed by atoms with van der Waals surface area (Å²) in [4.78, 5) is 15.9. The van der Waals surface area contributed by atoms with Crippen molar-refractivity contribution in [2.45, 2.75) is 26.4 Å². The van der Waals surface area contributed by atoms with Crippen LogP contribution in [0.4, 0.5) is 0 Å². The minimum atomic E-state index is -0.406. The van der Waals surface area contributed by atoms with E-state index in [1.54, 1.807) is 12.3 Å². The highest BCUT2D eigenvalue weighted by atomic mass is 79.9. The fourth-order valence-electron chi connectivity index (χ4n) is 1.41. The van der Waals surface area contributed by atoms with Gasteiger partial charge < -0.3 is 10.1 Å². The van der Waals surface area contributed by atoms with Crippen LogP contribution in [-0.2, 0) is 4.74 Å². The maximum atomic E-state index is 12.0. The minimum Gasteiger partial charge on any atom is -0.374 e. The summed E-state index contributed by atoms with van der Waals surface area (Å²) in [5.41, 5.74) is -0.0607. The van der Waals surface area contributed by atoms with Crippen LogP contribution in [0.15, 0.2) is 16.7 Å². The second kappa shape index (κ2) is 6.50. The fourth-order valence-corrected chi connectivity index (χ4v) is 1.93. The number of hydrogen-bond donors (Lipinski definition) is 1. The first-order valence-electron chi connectivity index (χ1n) is 5.59. The summed E-state index contributed by atoms with van der Waals surface area (Å²) in [7, 11) is 0. The van der Waals surface area contributed by atoms with Gasteiger partial charge in [-0.2, -0.15) is 0 Å². The Morgan fingerprint density at radius 1 is 1.61 bits per heavy atom. The van der Waals surface area contributed by atoms with Gasteiger partial charge in [0.15, 0.2) is 0 Å². The lowest BCUT2D eigenvalue weighted by molar-refractivity contribution is -0.00815. The number of nitrogens with one attached hydrogen (secondary N) is 1. The van der Waals surface area contributed by atoms with Gasteiger partial charge in [0.2, 0.25) is 0 Å². The van der Waals surface area contributed by atoms with E-state index >= 15 is 0 Å². The Morgan fingerprint density at radius 3 is 2.89 bits per heavy atom. The van der Waals surface area contributed by atoms with E-state index in [4.69, 9.17) is 16.3 Å². The van der Waals surface area contributed by atoms with Gasteiger partial charge in [-0.1, -0.05) is 11.6 Å². The SMILES string of the molecule is CCOC(C)(C)CNC(=O)c1cc(Br)cnc1Cl. The molecule has 0 atom stereocenters. The summed E-state index contributed by atoms with van der Waals surface area (Å²) in [5, 5.41) is 2.97. The van der Waals surface area contributed by atoms with Crippen molar-refractivity contribution in [2.75, 3.05) is 13.2 Å². The summed E-state index contributed by atoms with van der Waals surface area (Å²) in [6.07, 6.45) is 1.54. The Morgan fingerprint density at radius 2 is 2.28 bits per heavy atom. The molecule has 1 rings (SSSR count). The standard InChI is InChI=1S/C12H16BrClN2O2/c1-4-18-12(2,3)7-16-11(17)9-5-8(13)6-15-10(9)14/h5-6H,4,7H2,1-3H3,(H,16,17). The summed E-state index contributed by atoms with van der Waals surface area (Å²) in [6, 6.07) is 1.64. The van der Waals surface area contributed by atoms with Gasteiger partial charge in [-0.3, -0.25) is 4.79 Å². The molecule has 1 heterocycles. The lowest BCUT2D eigenvalue weighted by Crippen LogP contribution is -2.40. The second-order valence-corrected chi connectivity index (χ2v) is 5.64. The molecule has 0 bridgehead atoms. The van der Waals surface area contributed by atoms with Gasteiger partial charge in [0.25, 0.3) is 5.91 Å². The molecule has 1 amide bonds. The number of aromatic nitrogens is 1. The molecule has 18 heavy (non-hydrogen) atoms. The Labute approximate surface area is 120 Å². The molecule has 0 saturated carbocycles. The van der Waals surface area contributed by atoms with Crippen molar-refractivity contribution in [1.29, 1.82) is 0 Å². The van der Waals surface area contributed by atoms with Crippen LogP contribution in [0.25, 0.3) is 0 Å². The van der Waals surface area contributed by atoms with E-state index in [2.05, 4.69) is 26.2 Å². The molecule has 0 aliphatic heterocycles. The highest BCUT2D eigenvalue weighted by Crippen LogP contribution is 2.18. The number of carbonyl (C=O) groups is 1. The lowest BCUT2D eigenvalue weighted by atomic mass is 10.1. The largest absolute Gasteiger partial charge is 0.374 e. The highest BCUT2D eigenvalue weighted by Gasteiger charge is 2.20. The monoisotopic (exact) mass is 334 g/mol. The van der Waals surface area contributed by atoms with Crippen LogP contribution in [0.3, 0.4) is 0 Å². The number of nitrogens with zero attached hydrogens (tertiary/aromatic N) is 1. The van der Waals surface area contributed by atoms with Crippen molar-refractivity contribution in [3.05, 3.63) is 27.5 Å². The van der Waals surface area contributed by atoms with Crippen molar-refractivity contribution in [1.82, 2.24) is 10.3 Å². The van der Waals surface area contributed by atoms with Gasteiger partial charge in [-0.05, 0) is 42.8 Å². The van der Waals surface area contributed by atoms with Crippen LogP contribution in [0, 0.1) is 0 Å². The summed E-state index contributed by atoms with van der Waals surface area (Å²) < 4.78 is 6.21. The Balaban J connectivity index is 2.69. The molecule has 1 N–H and O–H groups in total. The molecule has 1 aromatic rings. The molecular weight excluding hydrogens is 320 g/mol. The molecule has 0 fully saturated rings. The smallest absolute Gasteiger partial charge is 0.254 e. The average Bonchev–Trinajstić information content (AvgIpc) is 2.29. The third-order valence-corrected chi connectivity index (χ3v) is 2.99. The molecule has 0 aliphatic carbocycles.